The first kappa shape index (κ1) is 15.9. The van der Waals surface area contributed by atoms with Gasteiger partial charge in [-0.05, 0) is 54.7 Å². The topological polar surface area (TPSA) is 89.7 Å². The zero-order valence-corrected chi connectivity index (χ0v) is 14.8. The standard InChI is InChI=1S/C20H19N5O2/c21-20-23-15-10-13(4-6-17(15)27-20)14-5-7-18-22-11-16(25(18)12-14)19(26)24-8-2-1-3-9-24/h4-7,10-12H,1-3,8-9H2,(H2,21,23). The number of oxazole rings is 1. The maximum absolute atomic E-state index is 12.9. The lowest BCUT2D eigenvalue weighted by Crippen LogP contribution is -2.36. The third kappa shape index (κ3) is 2.71. The highest BCUT2D eigenvalue weighted by Crippen LogP contribution is 2.26. The first-order valence-corrected chi connectivity index (χ1v) is 9.12. The van der Waals surface area contributed by atoms with Crippen molar-refractivity contribution in [3.05, 3.63) is 48.4 Å². The number of aromatic nitrogens is 3. The zero-order chi connectivity index (χ0) is 18.4. The Morgan fingerprint density at radius 3 is 2.74 bits per heavy atom. The molecule has 2 N–H and O–H groups in total. The predicted molar refractivity (Wildman–Crippen MR) is 102 cm³/mol. The van der Waals surface area contributed by atoms with Crippen molar-refractivity contribution in [2.24, 2.45) is 0 Å². The number of nitrogens with zero attached hydrogens (tertiary/aromatic N) is 4. The molecule has 0 radical (unpaired) electrons. The van der Waals surface area contributed by atoms with E-state index in [2.05, 4.69) is 9.97 Å². The van der Waals surface area contributed by atoms with Gasteiger partial charge in [0.2, 0.25) is 0 Å². The lowest BCUT2D eigenvalue weighted by Gasteiger charge is -2.26. The van der Waals surface area contributed by atoms with Gasteiger partial charge in [-0.3, -0.25) is 9.20 Å². The molecule has 1 saturated heterocycles. The highest BCUT2D eigenvalue weighted by Gasteiger charge is 2.21. The minimum absolute atomic E-state index is 0.0408. The van der Waals surface area contributed by atoms with Crippen molar-refractivity contribution < 1.29 is 9.21 Å². The van der Waals surface area contributed by atoms with Crippen LogP contribution in [0.1, 0.15) is 29.8 Å². The van der Waals surface area contributed by atoms with Crippen LogP contribution in [0.5, 0.6) is 0 Å². The van der Waals surface area contributed by atoms with E-state index in [0.29, 0.717) is 16.8 Å². The maximum atomic E-state index is 12.9. The molecular formula is C20H19N5O2. The summed E-state index contributed by atoms with van der Waals surface area (Å²) in [4.78, 5) is 23.4. The fourth-order valence-corrected chi connectivity index (χ4v) is 3.69. The van der Waals surface area contributed by atoms with E-state index in [-0.39, 0.29) is 11.9 Å². The first-order chi connectivity index (χ1) is 13.2. The van der Waals surface area contributed by atoms with Gasteiger partial charge in [-0.25, -0.2) is 4.98 Å². The SMILES string of the molecule is Nc1nc2cc(-c3ccc4ncc(C(=O)N5CCCCC5)n4c3)ccc2o1. The van der Waals surface area contributed by atoms with Gasteiger partial charge in [0.1, 0.15) is 16.9 Å². The predicted octanol–water partition coefficient (Wildman–Crippen LogP) is 3.35. The van der Waals surface area contributed by atoms with Crippen LogP contribution in [-0.2, 0) is 0 Å². The number of piperidine rings is 1. The summed E-state index contributed by atoms with van der Waals surface area (Å²) in [5, 5.41) is 0. The molecule has 0 bridgehead atoms. The average Bonchev–Trinajstić information content (AvgIpc) is 3.29. The van der Waals surface area contributed by atoms with Gasteiger partial charge >= 0.3 is 0 Å². The Morgan fingerprint density at radius 2 is 1.89 bits per heavy atom. The molecule has 7 nitrogen and oxygen atoms in total. The number of benzene rings is 1. The summed E-state index contributed by atoms with van der Waals surface area (Å²) in [5.74, 6) is 0.0408. The molecule has 1 aliphatic rings. The quantitative estimate of drug-likeness (QED) is 0.591. The number of pyridine rings is 1. The smallest absolute Gasteiger partial charge is 0.292 e. The molecule has 136 valence electrons. The van der Waals surface area contributed by atoms with E-state index in [1.165, 1.54) is 6.42 Å². The van der Waals surface area contributed by atoms with Crippen LogP contribution >= 0.6 is 0 Å². The molecule has 1 aromatic carbocycles. The molecular weight excluding hydrogens is 342 g/mol. The van der Waals surface area contributed by atoms with Gasteiger partial charge < -0.3 is 15.1 Å². The summed E-state index contributed by atoms with van der Waals surface area (Å²) in [6.45, 7) is 1.63. The number of carbonyl (C=O) groups excluding carboxylic acids is 1. The van der Waals surface area contributed by atoms with Gasteiger partial charge in [-0.1, -0.05) is 6.07 Å². The van der Waals surface area contributed by atoms with Gasteiger partial charge in [-0.15, -0.1) is 0 Å². The molecule has 1 amide bonds. The van der Waals surface area contributed by atoms with Gasteiger partial charge in [0.05, 0.1) is 6.20 Å². The minimum Gasteiger partial charge on any atom is -0.424 e. The Balaban J connectivity index is 1.56. The number of imidazole rings is 1. The van der Waals surface area contributed by atoms with Crippen LogP contribution in [0, 0.1) is 0 Å². The average molecular weight is 361 g/mol. The normalized spacial score (nSPS) is 14.9. The number of fused-ring (bicyclic) bond motifs is 2. The summed E-state index contributed by atoms with van der Waals surface area (Å²) in [6, 6.07) is 9.80. The summed E-state index contributed by atoms with van der Waals surface area (Å²) < 4.78 is 7.20. The third-order valence-electron chi connectivity index (χ3n) is 5.11. The van der Waals surface area contributed by atoms with Crippen molar-refractivity contribution >= 4 is 28.7 Å². The molecule has 0 saturated carbocycles. The molecule has 27 heavy (non-hydrogen) atoms. The number of amides is 1. The van der Waals surface area contributed by atoms with Crippen molar-refractivity contribution in [2.75, 3.05) is 18.8 Å². The number of hydrogen-bond acceptors (Lipinski definition) is 5. The van der Waals surface area contributed by atoms with Gasteiger partial charge in [0.25, 0.3) is 11.9 Å². The largest absolute Gasteiger partial charge is 0.424 e. The van der Waals surface area contributed by atoms with Gasteiger partial charge in [0, 0.05) is 19.3 Å². The second-order valence-corrected chi connectivity index (χ2v) is 6.88. The molecule has 5 rings (SSSR count). The van der Waals surface area contributed by atoms with E-state index >= 15 is 0 Å². The Kier molecular flexibility index (Phi) is 3.60. The third-order valence-corrected chi connectivity index (χ3v) is 5.11. The summed E-state index contributed by atoms with van der Waals surface area (Å²) in [5.41, 5.74) is 10.3. The van der Waals surface area contributed by atoms with Crippen LogP contribution in [0.2, 0.25) is 0 Å². The van der Waals surface area contributed by atoms with E-state index in [4.69, 9.17) is 10.2 Å². The number of likely N-dealkylation sites (tertiary alicyclic amines) is 1. The van der Waals surface area contributed by atoms with Crippen LogP contribution in [-0.4, -0.2) is 38.3 Å². The molecule has 0 aliphatic carbocycles. The lowest BCUT2D eigenvalue weighted by atomic mass is 10.1. The Hall–Kier alpha value is -3.35. The monoisotopic (exact) mass is 361 g/mol. The number of rotatable bonds is 2. The first-order valence-electron chi connectivity index (χ1n) is 9.12. The van der Waals surface area contributed by atoms with Crippen LogP contribution in [0.3, 0.4) is 0 Å². The zero-order valence-electron chi connectivity index (χ0n) is 14.8. The highest BCUT2D eigenvalue weighted by atomic mass is 16.4. The fraction of sp³-hybridized carbons (Fsp3) is 0.250. The number of nitrogens with two attached hydrogens (primary N) is 1. The second kappa shape index (κ2) is 6.12. The molecule has 3 aromatic heterocycles. The lowest BCUT2D eigenvalue weighted by molar-refractivity contribution is 0.0717. The highest BCUT2D eigenvalue weighted by molar-refractivity contribution is 5.93. The Morgan fingerprint density at radius 1 is 1.07 bits per heavy atom. The van der Waals surface area contributed by atoms with E-state index < -0.39 is 0 Å². The van der Waals surface area contributed by atoms with Gasteiger partial charge in [-0.2, -0.15) is 4.98 Å². The summed E-state index contributed by atoms with van der Waals surface area (Å²) in [6.07, 6.45) is 6.93. The van der Waals surface area contributed by atoms with E-state index in [9.17, 15) is 4.79 Å². The molecule has 7 heteroatoms. The minimum atomic E-state index is 0.0408. The number of carbonyl (C=O) groups is 1. The number of anilines is 1. The molecule has 0 atom stereocenters. The van der Waals surface area contributed by atoms with Crippen molar-refractivity contribution in [2.45, 2.75) is 19.3 Å². The summed E-state index contributed by atoms with van der Waals surface area (Å²) >= 11 is 0. The molecule has 4 heterocycles. The van der Waals surface area contributed by atoms with Crippen LogP contribution in [0.15, 0.2) is 47.1 Å². The van der Waals surface area contributed by atoms with E-state index in [1.54, 1.807) is 6.20 Å². The van der Waals surface area contributed by atoms with E-state index in [1.807, 2.05) is 45.8 Å². The number of nitrogen functional groups attached to an aromatic ring is 1. The fourth-order valence-electron chi connectivity index (χ4n) is 3.69. The van der Waals surface area contributed by atoms with Crippen LogP contribution in [0.25, 0.3) is 27.9 Å². The Bertz CT molecular complexity index is 1150. The van der Waals surface area contributed by atoms with Crippen molar-refractivity contribution in [1.82, 2.24) is 19.3 Å². The molecule has 0 spiro atoms. The second-order valence-electron chi connectivity index (χ2n) is 6.88. The molecule has 4 aromatic rings. The van der Waals surface area contributed by atoms with Crippen molar-refractivity contribution in [3.8, 4) is 11.1 Å². The molecule has 0 unspecified atom stereocenters. The van der Waals surface area contributed by atoms with E-state index in [0.717, 1.165) is 42.7 Å². The van der Waals surface area contributed by atoms with Crippen molar-refractivity contribution in [3.63, 3.8) is 0 Å². The van der Waals surface area contributed by atoms with Crippen LogP contribution in [0.4, 0.5) is 6.01 Å². The maximum Gasteiger partial charge on any atom is 0.292 e. The Labute approximate surface area is 155 Å². The summed E-state index contributed by atoms with van der Waals surface area (Å²) in [7, 11) is 0. The van der Waals surface area contributed by atoms with Crippen LogP contribution < -0.4 is 5.73 Å². The molecule has 1 aliphatic heterocycles. The molecule has 1 fully saturated rings. The van der Waals surface area contributed by atoms with Gasteiger partial charge in [0.15, 0.2) is 5.58 Å². The number of hydrogen-bond donors (Lipinski definition) is 1. The van der Waals surface area contributed by atoms with Crippen molar-refractivity contribution in [1.29, 1.82) is 0 Å².